The van der Waals surface area contributed by atoms with Crippen molar-refractivity contribution in [1.29, 1.82) is 0 Å². The van der Waals surface area contributed by atoms with Gasteiger partial charge < -0.3 is 33.2 Å². The second kappa shape index (κ2) is 10.7. The average molecular weight is 643 g/mol. The summed E-state index contributed by atoms with van der Waals surface area (Å²) < 4.78 is 37.8. The zero-order chi connectivity index (χ0) is 32.8. The van der Waals surface area contributed by atoms with Crippen molar-refractivity contribution in [2.75, 3.05) is 13.4 Å². The number of aliphatic hydroxyl groups is 1. The van der Waals surface area contributed by atoms with Crippen molar-refractivity contribution in [3.05, 3.63) is 47.0 Å². The lowest BCUT2D eigenvalue weighted by Gasteiger charge is -2.66. The SMILES string of the molecule is CC1=C2C(=O)C[C@]3(C)[C@@H](OCOCc4ccccc4)C[C@H]4OC[C@@]4(O)[C@H]3[C@@H]3OC(=O)O[C@@]3(C[C@@H]1O[Si](C)(C)C(C)(C)C)C2(C)C. The van der Waals surface area contributed by atoms with Crippen molar-refractivity contribution < 1.29 is 42.8 Å². The molecule has 0 aromatic heterocycles. The molecule has 0 unspecified atom stereocenters. The van der Waals surface area contributed by atoms with Gasteiger partial charge in [-0.15, -0.1) is 0 Å². The van der Waals surface area contributed by atoms with Crippen molar-refractivity contribution in [1.82, 2.24) is 0 Å². The Bertz CT molecular complexity index is 1380. The summed E-state index contributed by atoms with van der Waals surface area (Å²) in [7, 11) is -2.31. The number of rotatable bonds is 7. The number of benzene rings is 1. The molecule has 248 valence electrons. The van der Waals surface area contributed by atoms with Crippen LogP contribution in [0.15, 0.2) is 41.5 Å². The van der Waals surface area contributed by atoms with Crippen LogP contribution in [0.2, 0.25) is 18.1 Å². The van der Waals surface area contributed by atoms with Crippen molar-refractivity contribution in [3.8, 4) is 0 Å². The first-order valence-corrected chi connectivity index (χ1v) is 19.2. The molecule has 2 saturated heterocycles. The van der Waals surface area contributed by atoms with Gasteiger partial charge in [-0.2, -0.15) is 0 Å². The second-order valence-corrected chi connectivity index (χ2v) is 21.0. The molecule has 4 fully saturated rings. The van der Waals surface area contributed by atoms with Crippen molar-refractivity contribution in [3.63, 3.8) is 0 Å². The number of Topliss-reactive ketones (excluding diaryl/α,β-unsaturated/α-hetero) is 1. The number of ketones is 1. The maximum Gasteiger partial charge on any atom is 0.509 e. The van der Waals surface area contributed by atoms with Crippen LogP contribution >= 0.6 is 0 Å². The van der Waals surface area contributed by atoms with Gasteiger partial charge in [0.1, 0.15) is 12.4 Å². The van der Waals surface area contributed by atoms with E-state index in [1.165, 1.54) is 0 Å². The number of fused-ring (bicyclic) bond motifs is 5. The topological polar surface area (TPSA) is 110 Å². The third-order valence-corrected chi connectivity index (χ3v) is 16.8. The Balaban J connectivity index is 1.42. The lowest BCUT2D eigenvalue weighted by atomic mass is 9.45. The molecule has 0 amide bonds. The molecule has 1 aromatic rings. The minimum atomic E-state index is -2.31. The molecule has 8 atom stereocenters. The number of carbonyl (C=O) groups is 2. The van der Waals surface area contributed by atoms with Gasteiger partial charge in [0.25, 0.3) is 0 Å². The van der Waals surface area contributed by atoms with E-state index in [4.69, 9.17) is 28.1 Å². The Hall–Kier alpha value is -2.08. The summed E-state index contributed by atoms with van der Waals surface area (Å²) in [5, 5.41) is 12.3. The third kappa shape index (κ3) is 4.89. The van der Waals surface area contributed by atoms with E-state index in [0.717, 1.165) is 11.1 Å². The second-order valence-electron chi connectivity index (χ2n) is 16.3. The smallest absolute Gasteiger partial charge is 0.426 e. The molecule has 2 heterocycles. The number of hydrogen-bond donors (Lipinski definition) is 1. The Labute approximate surface area is 268 Å². The van der Waals surface area contributed by atoms with Gasteiger partial charge in [-0.3, -0.25) is 4.79 Å². The summed E-state index contributed by atoms with van der Waals surface area (Å²) in [5.74, 6) is -0.741. The predicted molar refractivity (Wildman–Crippen MR) is 169 cm³/mol. The van der Waals surface area contributed by atoms with Crippen LogP contribution in [0.25, 0.3) is 0 Å². The molecule has 1 spiro atoms. The largest absolute Gasteiger partial charge is 0.509 e. The zero-order valence-electron chi connectivity index (χ0n) is 28.2. The molecule has 2 saturated carbocycles. The summed E-state index contributed by atoms with van der Waals surface area (Å²) in [5.41, 5.74) is -1.87. The van der Waals surface area contributed by atoms with Gasteiger partial charge >= 0.3 is 6.16 Å². The highest BCUT2D eigenvalue weighted by Crippen LogP contribution is 2.66. The van der Waals surface area contributed by atoms with E-state index in [2.05, 4.69) is 33.9 Å². The highest BCUT2D eigenvalue weighted by molar-refractivity contribution is 6.74. The van der Waals surface area contributed by atoms with Crippen LogP contribution in [0.1, 0.15) is 73.3 Å². The van der Waals surface area contributed by atoms with Gasteiger partial charge in [0.2, 0.25) is 0 Å². The fourth-order valence-corrected chi connectivity index (χ4v) is 10.1. The van der Waals surface area contributed by atoms with Gasteiger partial charge in [0, 0.05) is 41.6 Å². The minimum absolute atomic E-state index is 0.00293. The highest BCUT2D eigenvalue weighted by Gasteiger charge is 2.77. The molecule has 0 radical (unpaired) electrons. The van der Waals surface area contributed by atoms with Gasteiger partial charge in [-0.05, 0) is 36.2 Å². The fraction of sp³-hybridized carbons (Fsp3) is 0.714. The van der Waals surface area contributed by atoms with E-state index in [0.29, 0.717) is 25.0 Å². The standard InChI is InChI=1S/C35H50O9Si/c1-21-24(44-45(8,9)31(2,3)4)17-35-29(42-30(37)43-35)28-33(7,16-23(36)27(21)32(35,5)6)25(15-26-34(28,38)19-40-26)41-20-39-18-22-13-11-10-12-14-22/h10-14,24-26,28-29,38H,15-20H2,1-9H3/t24-,25-,26+,28-,29-,33+,34-,35+/m0/s1. The molecule has 9 nitrogen and oxygen atoms in total. The Morgan fingerprint density at radius 3 is 2.40 bits per heavy atom. The van der Waals surface area contributed by atoms with E-state index in [1.807, 2.05) is 58.0 Å². The molecule has 3 aliphatic carbocycles. The fourth-order valence-electron chi connectivity index (χ4n) is 8.75. The summed E-state index contributed by atoms with van der Waals surface area (Å²) in [6, 6.07) is 9.84. The summed E-state index contributed by atoms with van der Waals surface area (Å²) >= 11 is 0. The van der Waals surface area contributed by atoms with E-state index in [9.17, 15) is 14.7 Å². The first kappa shape index (κ1) is 32.8. The Morgan fingerprint density at radius 2 is 1.78 bits per heavy atom. The van der Waals surface area contributed by atoms with Crippen molar-refractivity contribution >= 4 is 20.3 Å². The van der Waals surface area contributed by atoms with Crippen LogP contribution in [0.3, 0.4) is 0 Å². The normalized spacial score (nSPS) is 39.0. The maximum atomic E-state index is 14.7. The molecule has 2 bridgehead atoms. The van der Waals surface area contributed by atoms with Crippen LogP contribution in [0.4, 0.5) is 4.79 Å². The lowest BCUT2D eigenvalue weighted by molar-refractivity contribution is -0.346. The molecule has 6 rings (SSSR count). The van der Waals surface area contributed by atoms with E-state index in [1.54, 1.807) is 0 Å². The molecule has 1 aromatic carbocycles. The van der Waals surface area contributed by atoms with E-state index >= 15 is 0 Å². The van der Waals surface area contributed by atoms with Crippen molar-refractivity contribution in [2.45, 2.75) is 128 Å². The maximum absolute atomic E-state index is 14.7. The molecule has 5 aliphatic rings. The van der Waals surface area contributed by atoms with Gasteiger partial charge in [0.05, 0.1) is 31.5 Å². The Kier molecular flexibility index (Phi) is 7.82. The van der Waals surface area contributed by atoms with Crippen molar-refractivity contribution in [2.24, 2.45) is 16.7 Å². The van der Waals surface area contributed by atoms with Gasteiger partial charge in [0.15, 0.2) is 25.8 Å². The molecule has 1 N–H and O–H groups in total. The molecular weight excluding hydrogens is 592 g/mol. The van der Waals surface area contributed by atoms with Crippen LogP contribution in [0.5, 0.6) is 0 Å². The summed E-state index contributed by atoms with van der Waals surface area (Å²) in [6.07, 6.45) is -2.32. The first-order chi connectivity index (χ1) is 20.9. The molecule has 45 heavy (non-hydrogen) atoms. The average Bonchev–Trinajstić information content (AvgIpc) is 3.25. The number of carbonyl (C=O) groups excluding carboxylic acids is 2. The first-order valence-electron chi connectivity index (χ1n) is 16.3. The van der Waals surface area contributed by atoms with E-state index in [-0.39, 0.29) is 30.6 Å². The monoisotopic (exact) mass is 642 g/mol. The predicted octanol–water partition coefficient (Wildman–Crippen LogP) is 6.09. The van der Waals surface area contributed by atoms with Crippen LogP contribution < -0.4 is 0 Å². The zero-order valence-corrected chi connectivity index (χ0v) is 29.2. The van der Waals surface area contributed by atoms with Crippen LogP contribution in [-0.2, 0) is 39.5 Å². The molecular formula is C35H50O9Si. The van der Waals surface area contributed by atoms with Crippen LogP contribution in [-0.4, -0.2) is 74.4 Å². The highest BCUT2D eigenvalue weighted by atomic mass is 28.4. The van der Waals surface area contributed by atoms with Crippen LogP contribution in [0, 0.1) is 16.7 Å². The minimum Gasteiger partial charge on any atom is -0.426 e. The van der Waals surface area contributed by atoms with E-state index < -0.39 is 66.8 Å². The quantitative estimate of drug-likeness (QED) is 0.164. The number of hydrogen-bond acceptors (Lipinski definition) is 9. The molecule has 10 heteroatoms. The van der Waals surface area contributed by atoms with Gasteiger partial charge in [-0.1, -0.05) is 71.9 Å². The third-order valence-electron chi connectivity index (χ3n) is 12.3. The Morgan fingerprint density at radius 1 is 1.09 bits per heavy atom. The summed E-state index contributed by atoms with van der Waals surface area (Å²) in [4.78, 5) is 28.0. The molecule has 2 aliphatic heterocycles. The van der Waals surface area contributed by atoms with Gasteiger partial charge in [-0.25, -0.2) is 4.79 Å². The number of ether oxygens (including phenoxy) is 5. The summed E-state index contributed by atoms with van der Waals surface area (Å²) in [6.45, 7) is 19.3. The lowest BCUT2D eigenvalue weighted by Crippen LogP contribution is -2.78.